The van der Waals surface area contributed by atoms with Crippen LogP contribution >= 0.6 is 7.82 Å². The topological polar surface area (TPSA) is 114 Å². The second-order valence-electron chi connectivity index (χ2n) is 8.81. The molecule has 8 nitrogen and oxygen atoms in total. The van der Waals surface area contributed by atoms with Crippen LogP contribution in [-0.2, 0) is 27.9 Å². The van der Waals surface area contributed by atoms with Gasteiger partial charge in [0.15, 0.2) is 0 Å². The minimum atomic E-state index is -4.58. The number of phosphoric acid groups is 1. The summed E-state index contributed by atoms with van der Waals surface area (Å²) in [4.78, 5) is 22.4. The van der Waals surface area contributed by atoms with E-state index in [1.54, 1.807) is 0 Å². The van der Waals surface area contributed by atoms with Crippen LogP contribution in [0.5, 0.6) is 0 Å². The van der Waals surface area contributed by atoms with Gasteiger partial charge in [-0.2, -0.15) is 0 Å². The van der Waals surface area contributed by atoms with Gasteiger partial charge in [-0.3, -0.25) is 9.36 Å². The first-order chi connectivity index (χ1) is 15.8. The highest BCUT2D eigenvalue weighted by Gasteiger charge is 2.18. The van der Waals surface area contributed by atoms with E-state index in [1.165, 1.54) is 91.1 Å². The molecule has 3 atom stereocenters. The molecule has 0 amide bonds. The summed E-state index contributed by atoms with van der Waals surface area (Å²) in [5, 5.41) is 8.75. The van der Waals surface area contributed by atoms with Crippen molar-refractivity contribution in [3.8, 4) is 0 Å². The number of aliphatic carboxylic acids is 1. The molecule has 0 fully saturated rings. The molecule has 0 heterocycles. The highest BCUT2D eigenvalue weighted by atomic mass is 31.2. The minimum Gasteiger partial charge on any atom is -0.756 e. The third-order valence-corrected chi connectivity index (χ3v) is 6.53. The Labute approximate surface area is 201 Å². The van der Waals surface area contributed by atoms with Gasteiger partial charge in [0, 0.05) is 13.7 Å². The summed E-state index contributed by atoms with van der Waals surface area (Å²) in [6.45, 7) is 3.72. The molecular weight excluding hydrogens is 447 g/mol. The molecule has 0 aliphatic carbocycles. The summed E-state index contributed by atoms with van der Waals surface area (Å²) in [5.41, 5.74) is 0. The maximum atomic E-state index is 11.7. The summed E-state index contributed by atoms with van der Waals surface area (Å²) in [6, 6.07) is 0. The number of carbonyl (C=O) groups is 1. The zero-order chi connectivity index (χ0) is 24.8. The number of hydrogen-bond acceptors (Lipinski definition) is 7. The predicted molar refractivity (Wildman–Crippen MR) is 128 cm³/mol. The van der Waals surface area contributed by atoms with Crippen LogP contribution in [0.15, 0.2) is 0 Å². The summed E-state index contributed by atoms with van der Waals surface area (Å²) in [6.07, 6.45) is 17.7. The number of carboxylic acids is 1. The Bertz CT molecular complexity index is 503. The molecule has 0 bridgehead atoms. The Morgan fingerprint density at radius 3 is 1.73 bits per heavy atom. The lowest BCUT2D eigenvalue weighted by molar-refractivity contribution is -0.228. The lowest BCUT2D eigenvalue weighted by atomic mass is 10.0. The van der Waals surface area contributed by atoms with Gasteiger partial charge in [0.25, 0.3) is 7.82 Å². The van der Waals surface area contributed by atoms with E-state index in [9.17, 15) is 14.3 Å². The molecule has 0 rings (SSSR count). The van der Waals surface area contributed by atoms with E-state index >= 15 is 0 Å². The van der Waals surface area contributed by atoms with E-state index < -0.39 is 32.4 Å². The van der Waals surface area contributed by atoms with Crippen LogP contribution in [-0.4, -0.2) is 50.7 Å². The van der Waals surface area contributed by atoms with Crippen LogP contribution in [0.3, 0.4) is 0 Å². The van der Waals surface area contributed by atoms with Crippen molar-refractivity contribution in [2.24, 2.45) is 5.92 Å². The molecular formula is C24H48O8P-. The van der Waals surface area contributed by atoms with Gasteiger partial charge in [-0.25, -0.2) is 0 Å². The van der Waals surface area contributed by atoms with Crippen LogP contribution in [0.25, 0.3) is 0 Å². The fourth-order valence-electron chi connectivity index (χ4n) is 3.28. The third-order valence-electron chi connectivity index (χ3n) is 5.60. The van der Waals surface area contributed by atoms with E-state index in [-0.39, 0.29) is 13.2 Å². The molecule has 33 heavy (non-hydrogen) atoms. The summed E-state index contributed by atoms with van der Waals surface area (Å²) in [7, 11) is -3.13. The van der Waals surface area contributed by atoms with Gasteiger partial charge >= 0.3 is 5.97 Å². The summed E-state index contributed by atoms with van der Waals surface area (Å²) in [5.74, 6) is -2.08. The van der Waals surface area contributed by atoms with E-state index in [1.807, 2.05) is 0 Å². The van der Waals surface area contributed by atoms with Gasteiger partial charge < -0.3 is 28.5 Å². The maximum Gasteiger partial charge on any atom is 0.308 e. The number of hydrogen-bond donors (Lipinski definition) is 1. The van der Waals surface area contributed by atoms with Crippen LogP contribution in [0.4, 0.5) is 0 Å². The molecule has 3 unspecified atom stereocenters. The van der Waals surface area contributed by atoms with E-state index in [4.69, 9.17) is 19.1 Å². The second kappa shape index (κ2) is 22.0. The van der Waals surface area contributed by atoms with E-state index in [0.29, 0.717) is 6.61 Å². The van der Waals surface area contributed by atoms with Crippen molar-refractivity contribution in [3.63, 3.8) is 0 Å². The number of rotatable bonds is 25. The fraction of sp³-hybridized carbons (Fsp3) is 0.958. The molecule has 0 saturated carbocycles. The number of carboxylic acid groups (broad SMARTS) is 1. The highest BCUT2D eigenvalue weighted by molar-refractivity contribution is 7.45. The molecule has 9 heteroatoms. The molecule has 198 valence electrons. The molecule has 0 spiro atoms. The van der Waals surface area contributed by atoms with Crippen LogP contribution in [0.1, 0.15) is 104 Å². The highest BCUT2D eigenvalue weighted by Crippen LogP contribution is 2.38. The largest absolute Gasteiger partial charge is 0.756 e. The van der Waals surface area contributed by atoms with Crippen molar-refractivity contribution in [2.45, 2.75) is 110 Å². The Kier molecular flexibility index (Phi) is 21.7. The van der Waals surface area contributed by atoms with Gasteiger partial charge in [0.2, 0.25) is 0 Å². The lowest BCUT2D eigenvalue weighted by Crippen LogP contribution is -2.26. The molecule has 0 aliphatic heterocycles. The molecule has 0 aromatic rings. The average Bonchev–Trinajstić information content (AvgIpc) is 2.79. The first-order valence-electron chi connectivity index (χ1n) is 12.8. The number of unbranched alkanes of at least 4 members (excludes halogenated alkanes) is 13. The third kappa shape index (κ3) is 21.8. The van der Waals surface area contributed by atoms with Gasteiger partial charge in [0.1, 0.15) is 6.10 Å². The number of phosphoric ester groups is 1. The van der Waals surface area contributed by atoms with Crippen LogP contribution in [0.2, 0.25) is 0 Å². The van der Waals surface area contributed by atoms with Crippen molar-refractivity contribution in [1.29, 1.82) is 0 Å². The van der Waals surface area contributed by atoms with Gasteiger partial charge in [-0.15, -0.1) is 0 Å². The maximum absolute atomic E-state index is 11.7. The van der Waals surface area contributed by atoms with Crippen LogP contribution < -0.4 is 4.89 Å². The summed E-state index contributed by atoms with van der Waals surface area (Å²) >= 11 is 0. The SMILES string of the molecule is CCCCCCCCCCCCCCCCOCC(COP(=O)([O-])OCC(C)C(=O)O)OC. The molecule has 0 radical (unpaired) electrons. The second-order valence-corrected chi connectivity index (χ2v) is 10.2. The first-order valence-corrected chi connectivity index (χ1v) is 14.2. The van der Waals surface area contributed by atoms with Crippen LogP contribution in [0, 0.1) is 5.92 Å². The normalized spacial score (nSPS) is 15.3. The van der Waals surface area contributed by atoms with Crippen molar-refractivity contribution < 1.29 is 37.9 Å². The van der Waals surface area contributed by atoms with Crippen molar-refractivity contribution in [1.82, 2.24) is 0 Å². The molecule has 1 N–H and O–H groups in total. The lowest BCUT2D eigenvalue weighted by Gasteiger charge is -2.25. The van der Waals surface area contributed by atoms with Gasteiger partial charge in [0.05, 0.1) is 25.7 Å². The first kappa shape index (κ1) is 32.5. The fourth-order valence-corrected chi connectivity index (χ4v) is 4.11. The molecule has 0 aromatic heterocycles. The Morgan fingerprint density at radius 2 is 1.27 bits per heavy atom. The average molecular weight is 496 g/mol. The van der Waals surface area contributed by atoms with Crippen molar-refractivity contribution in [2.75, 3.05) is 33.5 Å². The van der Waals surface area contributed by atoms with E-state index in [2.05, 4.69) is 11.4 Å². The molecule has 0 aromatic carbocycles. The monoisotopic (exact) mass is 495 g/mol. The number of ether oxygens (including phenoxy) is 2. The zero-order valence-electron chi connectivity index (χ0n) is 21.1. The summed E-state index contributed by atoms with van der Waals surface area (Å²) < 4.78 is 31.8. The Hall–Kier alpha value is -0.500. The predicted octanol–water partition coefficient (Wildman–Crippen LogP) is 5.72. The quantitative estimate of drug-likeness (QED) is 0.126. The standard InChI is InChI=1S/C24H49O8P/c1-4-5-6-7-8-9-10-11-12-13-14-15-16-17-18-30-20-23(29-3)21-32-33(27,28)31-19-22(2)24(25)26/h22-23H,4-21H2,1-3H3,(H,25,26)(H,27,28)/p-1. The minimum absolute atomic E-state index is 0.223. The van der Waals surface area contributed by atoms with E-state index in [0.717, 1.165) is 12.8 Å². The zero-order valence-corrected chi connectivity index (χ0v) is 22.0. The number of methoxy groups -OCH3 is 1. The molecule has 0 saturated heterocycles. The smallest absolute Gasteiger partial charge is 0.308 e. The van der Waals surface area contributed by atoms with Crippen molar-refractivity contribution >= 4 is 13.8 Å². The Balaban J connectivity index is 3.56. The van der Waals surface area contributed by atoms with Crippen molar-refractivity contribution in [3.05, 3.63) is 0 Å². The Morgan fingerprint density at radius 1 is 0.818 bits per heavy atom. The molecule has 0 aliphatic rings. The van der Waals surface area contributed by atoms with Gasteiger partial charge in [-0.05, 0) is 13.3 Å². The van der Waals surface area contributed by atoms with Gasteiger partial charge in [-0.1, -0.05) is 90.4 Å².